The van der Waals surface area contributed by atoms with Crippen molar-refractivity contribution in [2.24, 2.45) is 0 Å². The van der Waals surface area contributed by atoms with Crippen LogP contribution in [0.25, 0.3) is 0 Å². The zero-order valence-corrected chi connectivity index (χ0v) is 17.6. The molecule has 25 heavy (non-hydrogen) atoms. The molecule has 0 atom stereocenters. The predicted octanol–water partition coefficient (Wildman–Crippen LogP) is 2.23. The molecule has 0 amide bonds. The number of unbranched alkanes of at least 4 members (excludes halogenated alkanes) is 1. The first-order valence-electron chi connectivity index (χ1n) is 8.16. The third kappa shape index (κ3) is 10.6. The Kier molecular flexibility index (Phi) is 11.4. The van der Waals surface area contributed by atoms with Gasteiger partial charge in [0.05, 0.1) is 14.2 Å². The van der Waals surface area contributed by atoms with Crippen LogP contribution in [-0.2, 0) is 19.1 Å². The molecule has 5 heteroatoms. The number of benzene rings is 2. The van der Waals surface area contributed by atoms with Crippen molar-refractivity contribution < 1.29 is 19.1 Å². The Morgan fingerprint density at radius 2 is 1.08 bits per heavy atom. The molecule has 0 fully saturated rings. The van der Waals surface area contributed by atoms with E-state index in [9.17, 15) is 9.59 Å². The standard InChI is InChI=1S/C8H14O4.2C6H5.Sn/c1-11-7(9)5-3-4-6-8(10)12-2;2*1-2-4-6-5-3-1;/h3-6H2,1-2H3;2*1-5H;. The van der Waals surface area contributed by atoms with Crippen LogP contribution in [0, 0.1) is 0 Å². The Hall–Kier alpha value is -1.82. The van der Waals surface area contributed by atoms with Gasteiger partial charge in [-0.05, 0) is 12.8 Å². The molecule has 2 radical (unpaired) electrons. The van der Waals surface area contributed by atoms with Gasteiger partial charge >= 0.3 is 101 Å². The molecule has 2 rings (SSSR count). The zero-order valence-electron chi connectivity index (χ0n) is 14.7. The van der Waals surface area contributed by atoms with E-state index in [4.69, 9.17) is 0 Å². The summed E-state index contributed by atoms with van der Waals surface area (Å²) < 4.78 is 11.9. The van der Waals surface area contributed by atoms with Gasteiger partial charge in [-0.25, -0.2) is 0 Å². The van der Waals surface area contributed by atoms with E-state index in [0.717, 1.165) is 0 Å². The Morgan fingerprint density at radius 3 is 1.40 bits per heavy atom. The van der Waals surface area contributed by atoms with Gasteiger partial charge in [0.1, 0.15) is 0 Å². The molecule has 0 heterocycles. The van der Waals surface area contributed by atoms with Gasteiger partial charge in [0, 0.05) is 12.8 Å². The van der Waals surface area contributed by atoms with Gasteiger partial charge in [0.15, 0.2) is 0 Å². The second-order valence-electron chi connectivity index (χ2n) is 5.22. The minimum atomic E-state index is -0.517. The third-order valence-corrected chi connectivity index (χ3v) is 6.85. The number of carbonyl (C=O) groups is 2. The van der Waals surface area contributed by atoms with Crippen molar-refractivity contribution in [2.75, 3.05) is 14.2 Å². The number of esters is 2. The Balaban J connectivity index is 0.000000252. The molecular formula is C20H24O4Sn. The second kappa shape index (κ2) is 13.5. The molecule has 0 bridgehead atoms. The summed E-state index contributed by atoms with van der Waals surface area (Å²) in [5, 5.41) is 0. The molecule has 0 N–H and O–H groups in total. The molecule has 0 saturated heterocycles. The third-order valence-electron chi connectivity index (χ3n) is 3.30. The SMILES string of the molecule is COC(=O)CCCCC(=O)OC.c1cc[c]([Sn][c]2ccccc2)cc1. The van der Waals surface area contributed by atoms with Gasteiger partial charge in [-0.15, -0.1) is 0 Å². The molecule has 0 spiro atoms. The van der Waals surface area contributed by atoms with Crippen molar-refractivity contribution in [2.45, 2.75) is 25.7 Å². The average Bonchev–Trinajstić information content (AvgIpc) is 2.67. The summed E-state index contributed by atoms with van der Waals surface area (Å²) in [6, 6.07) is 21.6. The maximum atomic E-state index is 10.6. The van der Waals surface area contributed by atoms with Crippen molar-refractivity contribution in [3.05, 3.63) is 60.7 Å². The van der Waals surface area contributed by atoms with Crippen LogP contribution < -0.4 is 7.16 Å². The van der Waals surface area contributed by atoms with Gasteiger partial charge in [-0.3, -0.25) is 9.59 Å². The number of hydrogen-bond acceptors (Lipinski definition) is 4. The Labute approximate surface area is 159 Å². The van der Waals surface area contributed by atoms with Crippen LogP contribution in [0.3, 0.4) is 0 Å². The Bertz CT molecular complexity index is 559. The van der Waals surface area contributed by atoms with Crippen molar-refractivity contribution in [3.63, 3.8) is 0 Å². The van der Waals surface area contributed by atoms with Crippen LogP contribution >= 0.6 is 0 Å². The first-order chi connectivity index (χ1) is 12.2. The van der Waals surface area contributed by atoms with Gasteiger partial charge < -0.3 is 9.47 Å². The monoisotopic (exact) mass is 448 g/mol. The fourth-order valence-corrected chi connectivity index (χ4v) is 4.95. The zero-order chi connectivity index (χ0) is 18.3. The van der Waals surface area contributed by atoms with Crippen LogP contribution in [0.2, 0.25) is 0 Å². The van der Waals surface area contributed by atoms with Gasteiger partial charge in [0.2, 0.25) is 0 Å². The van der Waals surface area contributed by atoms with Crippen LogP contribution in [-0.4, -0.2) is 47.3 Å². The summed E-state index contributed by atoms with van der Waals surface area (Å²) in [4.78, 5) is 21.2. The molecule has 0 aromatic heterocycles. The van der Waals surface area contributed by atoms with E-state index in [1.165, 1.54) is 21.4 Å². The van der Waals surface area contributed by atoms with E-state index in [-0.39, 0.29) is 11.9 Å². The predicted molar refractivity (Wildman–Crippen MR) is 100 cm³/mol. The normalized spacial score (nSPS) is 9.52. The molecular weight excluding hydrogens is 423 g/mol. The summed E-state index contributed by atoms with van der Waals surface area (Å²) in [7, 11) is 2.70. The molecule has 2 aromatic carbocycles. The van der Waals surface area contributed by atoms with Crippen LogP contribution in [0.1, 0.15) is 25.7 Å². The van der Waals surface area contributed by atoms with E-state index < -0.39 is 21.1 Å². The van der Waals surface area contributed by atoms with Crippen molar-refractivity contribution in [1.82, 2.24) is 0 Å². The van der Waals surface area contributed by atoms with E-state index in [1.807, 2.05) is 0 Å². The van der Waals surface area contributed by atoms with Gasteiger partial charge in [-0.2, -0.15) is 0 Å². The maximum absolute atomic E-state index is 10.6. The Morgan fingerprint density at radius 1 is 0.720 bits per heavy atom. The van der Waals surface area contributed by atoms with E-state index in [0.29, 0.717) is 25.7 Å². The molecule has 132 valence electrons. The number of methoxy groups -OCH3 is 2. The summed E-state index contributed by atoms with van der Waals surface area (Å²) >= 11 is -0.517. The van der Waals surface area contributed by atoms with Crippen molar-refractivity contribution in [1.29, 1.82) is 0 Å². The van der Waals surface area contributed by atoms with Gasteiger partial charge in [0.25, 0.3) is 0 Å². The summed E-state index contributed by atoms with van der Waals surface area (Å²) in [5.74, 6) is -0.472. The number of hydrogen-bond donors (Lipinski definition) is 0. The topological polar surface area (TPSA) is 52.6 Å². The quantitative estimate of drug-likeness (QED) is 0.372. The first kappa shape index (κ1) is 21.2. The van der Waals surface area contributed by atoms with Crippen LogP contribution in [0.4, 0.5) is 0 Å². The summed E-state index contributed by atoms with van der Waals surface area (Å²) in [6.07, 6.45) is 2.07. The number of carbonyl (C=O) groups excluding carboxylic acids is 2. The summed E-state index contributed by atoms with van der Waals surface area (Å²) in [6.45, 7) is 0. The average molecular weight is 447 g/mol. The molecule has 2 aromatic rings. The molecule has 0 saturated carbocycles. The van der Waals surface area contributed by atoms with E-state index in [2.05, 4.69) is 70.1 Å². The summed E-state index contributed by atoms with van der Waals surface area (Å²) in [5.41, 5.74) is 0. The number of ether oxygens (including phenoxy) is 2. The van der Waals surface area contributed by atoms with E-state index >= 15 is 0 Å². The number of rotatable bonds is 7. The molecule has 0 aliphatic rings. The minimum absolute atomic E-state index is 0.236. The van der Waals surface area contributed by atoms with Crippen molar-refractivity contribution in [3.8, 4) is 0 Å². The molecule has 4 nitrogen and oxygen atoms in total. The van der Waals surface area contributed by atoms with Crippen LogP contribution in [0.15, 0.2) is 60.7 Å². The van der Waals surface area contributed by atoms with Crippen LogP contribution in [0.5, 0.6) is 0 Å². The fourth-order valence-electron chi connectivity index (χ4n) is 1.95. The van der Waals surface area contributed by atoms with Crippen molar-refractivity contribution >= 4 is 40.2 Å². The fraction of sp³-hybridized carbons (Fsp3) is 0.300. The van der Waals surface area contributed by atoms with Gasteiger partial charge in [-0.1, -0.05) is 0 Å². The second-order valence-corrected chi connectivity index (χ2v) is 9.23. The first-order valence-corrected chi connectivity index (χ1v) is 11.0. The molecule has 0 unspecified atom stereocenters. The van der Waals surface area contributed by atoms with E-state index in [1.54, 1.807) is 0 Å². The molecule has 0 aliphatic heterocycles. The molecule has 0 aliphatic carbocycles.